The Labute approximate surface area is 142 Å². The molecule has 0 fully saturated rings. The van der Waals surface area contributed by atoms with Crippen molar-refractivity contribution in [2.24, 2.45) is 0 Å². The van der Waals surface area contributed by atoms with Gasteiger partial charge < -0.3 is 14.3 Å². The van der Waals surface area contributed by atoms with Crippen molar-refractivity contribution in [1.82, 2.24) is 0 Å². The molecule has 0 amide bonds. The van der Waals surface area contributed by atoms with Gasteiger partial charge in [-0.3, -0.25) is 4.79 Å². The zero-order valence-corrected chi connectivity index (χ0v) is 13.4. The van der Waals surface area contributed by atoms with Crippen LogP contribution in [0.3, 0.4) is 0 Å². The van der Waals surface area contributed by atoms with Gasteiger partial charge in [0.05, 0.1) is 5.39 Å². The Balaban J connectivity index is 2.30. The molecule has 5 nitrogen and oxygen atoms in total. The second-order valence-electron chi connectivity index (χ2n) is 5.19. The lowest BCUT2D eigenvalue weighted by Gasteiger charge is -2.14. The minimum Gasteiger partial charge on any atom is -0.479 e. The predicted octanol–water partition coefficient (Wildman–Crippen LogP) is 3.97. The summed E-state index contributed by atoms with van der Waals surface area (Å²) in [5.74, 6) is -1.14. The second kappa shape index (κ2) is 6.37. The molecule has 3 aromatic rings. The molecule has 3 rings (SSSR count). The SMILES string of the molecule is C[C@H](Oc1c(-c2ccccc2)oc2ccc(Cl)cc2c1=O)C(=O)O. The van der Waals surface area contributed by atoms with Crippen LogP contribution in [0.1, 0.15) is 6.92 Å². The monoisotopic (exact) mass is 344 g/mol. The maximum absolute atomic E-state index is 12.8. The maximum Gasteiger partial charge on any atom is 0.344 e. The number of benzene rings is 2. The Morgan fingerprint density at radius 1 is 1.21 bits per heavy atom. The summed E-state index contributed by atoms with van der Waals surface area (Å²) < 4.78 is 11.2. The van der Waals surface area contributed by atoms with E-state index in [0.29, 0.717) is 16.2 Å². The van der Waals surface area contributed by atoms with Gasteiger partial charge in [0.15, 0.2) is 11.9 Å². The van der Waals surface area contributed by atoms with Crippen LogP contribution in [0.15, 0.2) is 57.7 Å². The molecule has 0 aliphatic carbocycles. The van der Waals surface area contributed by atoms with Crippen molar-refractivity contribution in [3.8, 4) is 17.1 Å². The van der Waals surface area contributed by atoms with E-state index in [-0.39, 0.29) is 16.9 Å². The molecule has 0 saturated heterocycles. The number of carboxylic acid groups (broad SMARTS) is 1. The third-order valence-corrected chi connectivity index (χ3v) is 3.72. The Morgan fingerprint density at radius 2 is 1.92 bits per heavy atom. The number of carbonyl (C=O) groups is 1. The van der Waals surface area contributed by atoms with Gasteiger partial charge in [-0.15, -0.1) is 0 Å². The average Bonchev–Trinajstić information content (AvgIpc) is 2.58. The number of rotatable bonds is 4. The standard InChI is InChI=1S/C18H13ClO5/c1-10(18(21)22)23-17-15(20)13-9-12(19)7-8-14(13)24-16(17)11-5-3-2-4-6-11/h2-10H,1H3,(H,21,22)/t10-/m0/s1. The topological polar surface area (TPSA) is 76.7 Å². The summed E-state index contributed by atoms with van der Waals surface area (Å²) in [6.45, 7) is 1.35. The number of carboxylic acids is 1. The van der Waals surface area contributed by atoms with Gasteiger partial charge in [-0.2, -0.15) is 0 Å². The molecule has 1 atom stereocenters. The molecule has 0 unspecified atom stereocenters. The van der Waals surface area contributed by atoms with Crippen molar-refractivity contribution < 1.29 is 19.1 Å². The van der Waals surface area contributed by atoms with Crippen molar-refractivity contribution in [3.05, 3.63) is 63.8 Å². The Morgan fingerprint density at radius 3 is 2.58 bits per heavy atom. The van der Waals surface area contributed by atoms with E-state index in [9.17, 15) is 9.59 Å². The van der Waals surface area contributed by atoms with Crippen LogP contribution >= 0.6 is 11.6 Å². The molecule has 0 aliphatic rings. The molecule has 1 N–H and O–H groups in total. The van der Waals surface area contributed by atoms with Crippen LogP contribution in [0, 0.1) is 0 Å². The van der Waals surface area contributed by atoms with E-state index in [1.54, 1.807) is 36.4 Å². The van der Waals surface area contributed by atoms with E-state index in [0.717, 1.165) is 0 Å². The summed E-state index contributed by atoms with van der Waals surface area (Å²) in [6.07, 6.45) is -1.20. The summed E-state index contributed by atoms with van der Waals surface area (Å²) in [7, 11) is 0. The molecule has 1 heterocycles. The van der Waals surface area contributed by atoms with Crippen molar-refractivity contribution in [2.75, 3.05) is 0 Å². The highest BCUT2D eigenvalue weighted by Crippen LogP contribution is 2.32. The Kier molecular flexibility index (Phi) is 4.27. The van der Waals surface area contributed by atoms with Gasteiger partial charge in [0, 0.05) is 10.6 Å². The molecule has 2 aromatic carbocycles. The van der Waals surface area contributed by atoms with Crippen LogP contribution in [0.2, 0.25) is 5.02 Å². The molecular formula is C18H13ClO5. The van der Waals surface area contributed by atoms with E-state index in [1.165, 1.54) is 13.0 Å². The molecule has 0 bridgehead atoms. The Bertz CT molecular complexity index is 962. The summed E-state index contributed by atoms with van der Waals surface area (Å²) in [4.78, 5) is 23.9. The van der Waals surface area contributed by atoms with E-state index >= 15 is 0 Å². The molecule has 1 aromatic heterocycles. The highest BCUT2D eigenvalue weighted by atomic mass is 35.5. The fraction of sp³-hybridized carbons (Fsp3) is 0.111. The average molecular weight is 345 g/mol. The van der Waals surface area contributed by atoms with Crippen LogP contribution in [-0.4, -0.2) is 17.2 Å². The number of halogens is 1. The first-order valence-corrected chi connectivity index (χ1v) is 7.56. The minimum atomic E-state index is -1.20. The van der Waals surface area contributed by atoms with Crippen molar-refractivity contribution >= 4 is 28.5 Å². The van der Waals surface area contributed by atoms with Gasteiger partial charge in [0.2, 0.25) is 11.2 Å². The minimum absolute atomic E-state index is 0.147. The normalized spacial score (nSPS) is 12.1. The van der Waals surface area contributed by atoms with Gasteiger partial charge in [0.1, 0.15) is 5.58 Å². The lowest BCUT2D eigenvalue weighted by molar-refractivity contribution is -0.144. The summed E-state index contributed by atoms with van der Waals surface area (Å²) >= 11 is 5.94. The molecule has 0 spiro atoms. The van der Waals surface area contributed by atoms with Crippen LogP contribution in [0.4, 0.5) is 0 Å². The van der Waals surface area contributed by atoms with Crippen molar-refractivity contribution in [3.63, 3.8) is 0 Å². The first-order chi connectivity index (χ1) is 11.5. The zero-order valence-electron chi connectivity index (χ0n) is 12.7. The number of aliphatic carboxylic acids is 1. The van der Waals surface area contributed by atoms with E-state index in [2.05, 4.69) is 0 Å². The smallest absolute Gasteiger partial charge is 0.344 e. The largest absolute Gasteiger partial charge is 0.479 e. The quantitative estimate of drug-likeness (QED) is 0.775. The van der Waals surface area contributed by atoms with Crippen LogP contribution in [0.5, 0.6) is 5.75 Å². The fourth-order valence-electron chi connectivity index (χ4n) is 2.26. The van der Waals surface area contributed by atoms with E-state index in [4.69, 9.17) is 25.9 Å². The summed E-state index contributed by atoms with van der Waals surface area (Å²) in [5, 5.41) is 9.68. The molecule has 24 heavy (non-hydrogen) atoms. The first kappa shape index (κ1) is 16.1. The van der Waals surface area contributed by atoms with E-state index in [1.807, 2.05) is 6.07 Å². The lowest BCUT2D eigenvalue weighted by Crippen LogP contribution is -2.26. The molecular weight excluding hydrogens is 332 g/mol. The molecule has 0 radical (unpaired) electrons. The van der Waals surface area contributed by atoms with Crippen LogP contribution < -0.4 is 10.2 Å². The van der Waals surface area contributed by atoms with Crippen LogP contribution in [-0.2, 0) is 4.79 Å². The molecule has 6 heteroatoms. The second-order valence-corrected chi connectivity index (χ2v) is 5.63. The lowest BCUT2D eigenvalue weighted by atomic mass is 10.1. The molecule has 0 saturated carbocycles. The van der Waals surface area contributed by atoms with Gasteiger partial charge in [-0.25, -0.2) is 4.79 Å². The van der Waals surface area contributed by atoms with Gasteiger partial charge in [0.25, 0.3) is 0 Å². The highest BCUT2D eigenvalue weighted by molar-refractivity contribution is 6.31. The number of ether oxygens (including phenoxy) is 1. The summed E-state index contributed by atoms with van der Waals surface area (Å²) in [5.41, 5.74) is 0.489. The van der Waals surface area contributed by atoms with E-state index < -0.39 is 17.5 Å². The van der Waals surface area contributed by atoms with Gasteiger partial charge in [-0.05, 0) is 25.1 Å². The van der Waals surface area contributed by atoms with Crippen molar-refractivity contribution in [2.45, 2.75) is 13.0 Å². The van der Waals surface area contributed by atoms with Crippen molar-refractivity contribution in [1.29, 1.82) is 0 Å². The molecule has 122 valence electrons. The maximum atomic E-state index is 12.8. The third kappa shape index (κ3) is 2.98. The highest BCUT2D eigenvalue weighted by Gasteiger charge is 2.22. The van der Waals surface area contributed by atoms with Gasteiger partial charge >= 0.3 is 5.97 Å². The number of hydrogen-bond acceptors (Lipinski definition) is 4. The molecule has 0 aliphatic heterocycles. The summed E-state index contributed by atoms with van der Waals surface area (Å²) in [6, 6.07) is 13.6. The first-order valence-electron chi connectivity index (χ1n) is 7.18. The zero-order chi connectivity index (χ0) is 17.3. The number of hydrogen-bond donors (Lipinski definition) is 1. The third-order valence-electron chi connectivity index (χ3n) is 3.49. The van der Waals surface area contributed by atoms with Crippen LogP contribution in [0.25, 0.3) is 22.3 Å². The number of fused-ring (bicyclic) bond motifs is 1. The fourth-order valence-corrected chi connectivity index (χ4v) is 2.44. The van der Waals surface area contributed by atoms with Gasteiger partial charge in [-0.1, -0.05) is 41.9 Å². The predicted molar refractivity (Wildman–Crippen MR) is 90.7 cm³/mol. The Hall–Kier alpha value is -2.79.